The first-order chi connectivity index (χ1) is 18.7. The molecule has 3 rings (SSSR count). The second-order valence-electron chi connectivity index (χ2n) is 9.62. The third kappa shape index (κ3) is 7.99. The van der Waals surface area contributed by atoms with Crippen LogP contribution < -0.4 is 11.0 Å². The van der Waals surface area contributed by atoms with Gasteiger partial charge in [-0.25, -0.2) is 9.59 Å². The number of nitrogens with one attached hydrogen (secondary N) is 1. The van der Waals surface area contributed by atoms with E-state index in [1.165, 1.54) is 44.6 Å². The van der Waals surface area contributed by atoms with Gasteiger partial charge in [0.2, 0.25) is 6.23 Å². The molecule has 0 radical (unpaired) electrons. The van der Waals surface area contributed by atoms with Crippen LogP contribution in [0.25, 0.3) is 0 Å². The fourth-order valence-electron chi connectivity index (χ4n) is 4.31. The summed E-state index contributed by atoms with van der Waals surface area (Å²) in [7, 11) is 0. The number of unbranched alkanes of at least 4 members (excludes halogenated alkanes) is 8. The van der Waals surface area contributed by atoms with Gasteiger partial charge in [-0.3, -0.25) is 14.4 Å². The molecular formula is C26H36F2N4O7. The molecule has 1 saturated heterocycles. The van der Waals surface area contributed by atoms with Gasteiger partial charge in [0.05, 0.1) is 19.8 Å². The number of aliphatic hydroxyl groups excluding tert-OH is 2. The number of aliphatic imine (C=N–C) groups is 1. The summed E-state index contributed by atoms with van der Waals surface area (Å²) in [5, 5.41) is 21.1. The molecule has 0 aromatic carbocycles. The lowest BCUT2D eigenvalue weighted by Crippen LogP contribution is -2.41. The van der Waals surface area contributed by atoms with Crippen molar-refractivity contribution in [1.29, 1.82) is 0 Å². The molecule has 2 aliphatic rings. The highest BCUT2D eigenvalue weighted by atomic mass is 19.3. The average Bonchev–Trinajstić information content (AvgIpc) is 3.49. The van der Waals surface area contributed by atoms with E-state index in [1.54, 1.807) is 0 Å². The molecule has 3 atom stereocenters. The number of aromatic nitrogens is 2. The molecule has 1 fully saturated rings. The summed E-state index contributed by atoms with van der Waals surface area (Å²) < 4.78 is 39.3. The third-order valence-electron chi connectivity index (χ3n) is 6.60. The number of hydrogen-bond acceptors (Lipinski definition) is 9. The van der Waals surface area contributed by atoms with E-state index in [4.69, 9.17) is 14.6 Å². The first-order valence-corrected chi connectivity index (χ1v) is 13.3. The maximum absolute atomic E-state index is 14.3. The molecule has 1 aromatic rings. The molecular weight excluding hydrogens is 518 g/mol. The Morgan fingerprint density at radius 1 is 1.18 bits per heavy atom. The lowest BCUT2D eigenvalue weighted by Gasteiger charge is -2.21. The van der Waals surface area contributed by atoms with Crippen LogP contribution in [0.2, 0.25) is 0 Å². The van der Waals surface area contributed by atoms with Gasteiger partial charge in [0.25, 0.3) is 5.91 Å². The standard InChI is InChI=1S/C26H36F2N4O7/c1-2-3-4-5-6-7-8-9-10-13-38-23(36)18-14-17(15-29-18)22(35)30-20-11-12-32(25(37)31-20)24-26(27,28)21(34)19(16-33)39-24/h11-12,14,19,21,24,33-34H,2-10,13,15-16H2,1H3,(H,30,31,35,37)/t19-,21-,24-/m1/s1. The largest absolute Gasteiger partial charge is 0.461 e. The van der Waals surface area contributed by atoms with Crippen molar-refractivity contribution in [2.75, 3.05) is 25.1 Å². The van der Waals surface area contributed by atoms with E-state index < -0.39 is 48.5 Å². The second kappa shape index (κ2) is 14.4. The van der Waals surface area contributed by atoms with E-state index in [1.807, 2.05) is 0 Å². The molecule has 0 unspecified atom stereocenters. The van der Waals surface area contributed by atoms with E-state index in [0.717, 1.165) is 31.5 Å². The Morgan fingerprint density at radius 3 is 2.46 bits per heavy atom. The van der Waals surface area contributed by atoms with Crippen LogP contribution in [0.3, 0.4) is 0 Å². The Kier molecular flexibility index (Phi) is 11.3. The number of alkyl halides is 2. The number of anilines is 1. The van der Waals surface area contributed by atoms with Crippen molar-refractivity contribution in [2.24, 2.45) is 4.99 Å². The molecule has 2 aliphatic heterocycles. The topological polar surface area (TPSA) is 152 Å². The van der Waals surface area contributed by atoms with Crippen LogP contribution in [0, 0.1) is 0 Å². The van der Waals surface area contributed by atoms with Crippen molar-refractivity contribution in [2.45, 2.75) is 89.1 Å². The first kappa shape index (κ1) is 30.5. The van der Waals surface area contributed by atoms with Crippen molar-refractivity contribution >= 4 is 23.4 Å². The Balaban J connectivity index is 1.44. The molecule has 39 heavy (non-hydrogen) atoms. The number of rotatable bonds is 15. The molecule has 216 valence electrons. The van der Waals surface area contributed by atoms with Crippen molar-refractivity contribution < 1.29 is 38.1 Å². The minimum Gasteiger partial charge on any atom is -0.461 e. The highest BCUT2D eigenvalue weighted by Crippen LogP contribution is 2.42. The van der Waals surface area contributed by atoms with E-state index in [-0.39, 0.29) is 30.3 Å². The fraction of sp³-hybridized carbons (Fsp3) is 0.654. The fourth-order valence-corrected chi connectivity index (χ4v) is 4.31. The average molecular weight is 555 g/mol. The van der Waals surface area contributed by atoms with Crippen LogP contribution in [-0.2, 0) is 19.1 Å². The number of amides is 1. The molecule has 3 heterocycles. The molecule has 1 amide bonds. The zero-order valence-corrected chi connectivity index (χ0v) is 22.0. The summed E-state index contributed by atoms with van der Waals surface area (Å²) in [5.74, 6) is -5.37. The first-order valence-electron chi connectivity index (χ1n) is 13.3. The zero-order valence-electron chi connectivity index (χ0n) is 22.0. The van der Waals surface area contributed by atoms with Gasteiger partial charge < -0.3 is 25.0 Å². The summed E-state index contributed by atoms with van der Waals surface area (Å²) in [6, 6.07) is 1.11. The second-order valence-corrected chi connectivity index (χ2v) is 9.62. The SMILES string of the molecule is CCCCCCCCCCCOC(=O)C1=NCC(C(=O)Nc2ccn([C@@H]3O[C@H](CO)[C@@H](O)C3(F)F)c(=O)n2)=C1. The third-order valence-corrected chi connectivity index (χ3v) is 6.60. The quantitative estimate of drug-likeness (QED) is 0.221. The molecule has 3 N–H and O–H groups in total. The van der Waals surface area contributed by atoms with Gasteiger partial charge in [0.1, 0.15) is 17.6 Å². The molecule has 1 aromatic heterocycles. The minimum absolute atomic E-state index is 0.0112. The number of esters is 1. The van der Waals surface area contributed by atoms with Crippen molar-refractivity contribution in [3.63, 3.8) is 0 Å². The van der Waals surface area contributed by atoms with E-state index in [0.29, 0.717) is 4.57 Å². The summed E-state index contributed by atoms with van der Waals surface area (Å²) in [4.78, 5) is 44.7. The lowest BCUT2D eigenvalue weighted by molar-refractivity contribution is -0.141. The van der Waals surface area contributed by atoms with Gasteiger partial charge in [-0.05, 0) is 18.6 Å². The summed E-state index contributed by atoms with van der Waals surface area (Å²) >= 11 is 0. The van der Waals surface area contributed by atoms with Crippen molar-refractivity contribution in [3.05, 3.63) is 34.4 Å². The Morgan fingerprint density at radius 2 is 1.85 bits per heavy atom. The summed E-state index contributed by atoms with van der Waals surface area (Å²) in [6.45, 7) is 1.52. The van der Waals surface area contributed by atoms with Crippen LogP contribution in [0.1, 0.15) is 70.9 Å². The zero-order chi connectivity index (χ0) is 28.4. The number of aliphatic hydroxyl groups is 2. The normalized spacial score (nSPS) is 21.9. The van der Waals surface area contributed by atoms with E-state index in [9.17, 15) is 28.3 Å². The number of halogens is 2. The predicted octanol–water partition coefficient (Wildman–Crippen LogP) is 2.52. The van der Waals surface area contributed by atoms with Gasteiger partial charge in [0.15, 0.2) is 6.10 Å². The van der Waals surface area contributed by atoms with Crippen LogP contribution in [0.5, 0.6) is 0 Å². The van der Waals surface area contributed by atoms with Crippen LogP contribution in [0.15, 0.2) is 33.7 Å². The smallest absolute Gasteiger partial charge is 0.356 e. The predicted molar refractivity (Wildman–Crippen MR) is 138 cm³/mol. The molecule has 0 aliphatic carbocycles. The maximum Gasteiger partial charge on any atom is 0.356 e. The van der Waals surface area contributed by atoms with E-state index in [2.05, 4.69) is 22.2 Å². The van der Waals surface area contributed by atoms with Crippen molar-refractivity contribution in [1.82, 2.24) is 9.55 Å². The highest BCUT2D eigenvalue weighted by Gasteiger charge is 2.59. The minimum atomic E-state index is -3.85. The van der Waals surface area contributed by atoms with Gasteiger partial charge in [0, 0.05) is 11.8 Å². The number of ether oxygens (including phenoxy) is 2. The van der Waals surface area contributed by atoms with Crippen LogP contribution >= 0.6 is 0 Å². The van der Waals surface area contributed by atoms with Crippen molar-refractivity contribution in [3.8, 4) is 0 Å². The Bertz CT molecular complexity index is 1120. The molecule has 13 heteroatoms. The van der Waals surface area contributed by atoms with Crippen LogP contribution in [0.4, 0.5) is 14.6 Å². The van der Waals surface area contributed by atoms with Crippen LogP contribution in [-0.4, -0.2) is 75.2 Å². The molecule has 0 spiro atoms. The Labute approximate surface area is 224 Å². The molecule has 11 nitrogen and oxygen atoms in total. The van der Waals surface area contributed by atoms with Gasteiger partial charge in [-0.1, -0.05) is 58.3 Å². The van der Waals surface area contributed by atoms with Gasteiger partial charge >= 0.3 is 17.6 Å². The van der Waals surface area contributed by atoms with Gasteiger partial charge in [-0.15, -0.1) is 0 Å². The number of hydrogen-bond donors (Lipinski definition) is 3. The highest BCUT2D eigenvalue weighted by molar-refractivity contribution is 6.43. The summed E-state index contributed by atoms with van der Waals surface area (Å²) in [5.41, 5.74) is -1.02. The van der Waals surface area contributed by atoms with Gasteiger partial charge in [-0.2, -0.15) is 13.8 Å². The number of nitrogens with zero attached hydrogens (tertiary/aromatic N) is 3. The van der Waals surface area contributed by atoms with E-state index >= 15 is 0 Å². The Hall–Kier alpha value is -3.03. The number of carbonyl (C=O) groups is 2. The monoisotopic (exact) mass is 554 g/mol. The maximum atomic E-state index is 14.3. The number of carbonyl (C=O) groups excluding carboxylic acids is 2. The molecule has 0 saturated carbocycles. The summed E-state index contributed by atoms with van der Waals surface area (Å²) in [6.07, 6.45) is 6.42. The molecule has 0 bridgehead atoms. The lowest BCUT2D eigenvalue weighted by atomic mass is 10.1.